The number of nitrogens with two attached hydrogens (primary N) is 1. The highest BCUT2D eigenvalue weighted by atomic mass is 32.1. The SMILES string of the molecule is COc1ccc(NC(=O)C2CCCN(c3ncnc4sccc34)C2)cc1N. The van der Waals surface area contributed by atoms with Gasteiger partial charge >= 0.3 is 0 Å². The van der Waals surface area contributed by atoms with E-state index in [4.69, 9.17) is 10.5 Å². The van der Waals surface area contributed by atoms with E-state index in [-0.39, 0.29) is 11.8 Å². The van der Waals surface area contributed by atoms with Gasteiger partial charge in [-0.15, -0.1) is 11.3 Å². The van der Waals surface area contributed by atoms with Gasteiger partial charge in [0, 0.05) is 18.8 Å². The molecule has 1 atom stereocenters. The van der Waals surface area contributed by atoms with Gasteiger partial charge in [-0.1, -0.05) is 0 Å². The number of carbonyl (C=O) groups is 1. The van der Waals surface area contributed by atoms with Crippen LogP contribution in [0.4, 0.5) is 17.2 Å². The predicted molar refractivity (Wildman–Crippen MR) is 108 cm³/mol. The minimum atomic E-state index is -0.106. The minimum absolute atomic E-state index is 0.000106. The molecule has 2 aromatic heterocycles. The molecule has 8 heteroatoms. The summed E-state index contributed by atoms with van der Waals surface area (Å²) in [5.41, 5.74) is 7.11. The van der Waals surface area contributed by atoms with Gasteiger partial charge in [0.25, 0.3) is 0 Å². The van der Waals surface area contributed by atoms with Crippen LogP contribution in [0.2, 0.25) is 0 Å². The monoisotopic (exact) mass is 383 g/mol. The normalized spacial score (nSPS) is 17.1. The van der Waals surface area contributed by atoms with Crippen LogP contribution in [0.15, 0.2) is 36.0 Å². The van der Waals surface area contributed by atoms with E-state index in [9.17, 15) is 4.79 Å². The second kappa shape index (κ2) is 7.40. The number of carbonyl (C=O) groups excluding carboxylic acids is 1. The number of nitrogens with zero attached hydrogens (tertiary/aromatic N) is 3. The molecular weight excluding hydrogens is 362 g/mol. The molecule has 1 unspecified atom stereocenters. The highest BCUT2D eigenvalue weighted by molar-refractivity contribution is 7.16. The van der Waals surface area contributed by atoms with E-state index in [0.29, 0.717) is 23.7 Å². The number of piperidine rings is 1. The highest BCUT2D eigenvalue weighted by Crippen LogP contribution is 2.30. The van der Waals surface area contributed by atoms with Crippen molar-refractivity contribution in [3.05, 3.63) is 36.0 Å². The van der Waals surface area contributed by atoms with Crippen molar-refractivity contribution in [2.24, 2.45) is 5.92 Å². The molecule has 1 aliphatic heterocycles. The van der Waals surface area contributed by atoms with Crippen molar-refractivity contribution in [1.29, 1.82) is 0 Å². The molecule has 27 heavy (non-hydrogen) atoms. The van der Waals surface area contributed by atoms with Crippen molar-refractivity contribution >= 4 is 44.7 Å². The number of ether oxygens (including phenoxy) is 1. The molecule has 0 spiro atoms. The standard InChI is InChI=1S/C19H21N5O2S/c1-26-16-5-4-13(9-15(16)20)23-18(25)12-3-2-7-24(10-12)17-14-6-8-27-19(14)22-11-21-17/h4-6,8-9,11-12H,2-3,7,10,20H2,1H3,(H,23,25). The Morgan fingerprint density at radius 2 is 2.26 bits per heavy atom. The average Bonchev–Trinajstić information content (AvgIpc) is 3.17. The lowest BCUT2D eigenvalue weighted by molar-refractivity contribution is -0.120. The maximum absolute atomic E-state index is 12.8. The van der Waals surface area contributed by atoms with E-state index in [1.54, 1.807) is 43.0 Å². The molecule has 0 saturated carbocycles. The first-order valence-corrected chi connectivity index (χ1v) is 9.71. The fourth-order valence-electron chi connectivity index (χ4n) is 3.47. The highest BCUT2D eigenvalue weighted by Gasteiger charge is 2.27. The third-order valence-corrected chi connectivity index (χ3v) is 5.65. The Bertz CT molecular complexity index is 974. The van der Waals surface area contributed by atoms with Crippen LogP contribution in [0.5, 0.6) is 5.75 Å². The van der Waals surface area contributed by atoms with E-state index < -0.39 is 0 Å². The number of rotatable bonds is 4. The van der Waals surface area contributed by atoms with Crippen molar-refractivity contribution in [3.8, 4) is 5.75 Å². The second-order valence-corrected chi connectivity index (χ2v) is 7.46. The fraction of sp³-hybridized carbons (Fsp3) is 0.316. The van der Waals surface area contributed by atoms with Gasteiger partial charge in [-0.3, -0.25) is 4.79 Å². The zero-order chi connectivity index (χ0) is 18.8. The van der Waals surface area contributed by atoms with E-state index in [1.807, 2.05) is 11.4 Å². The van der Waals surface area contributed by atoms with Crippen molar-refractivity contribution in [1.82, 2.24) is 9.97 Å². The van der Waals surface area contributed by atoms with Crippen LogP contribution in [0.3, 0.4) is 0 Å². The molecule has 0 bridgehead atoms. The topological polar surface area (TPSA) is 93.4 Å². The minimum Gasteiger partial charge on any atom is -0.495 e. The number of methoxy groups -OCH3 is 1. The van der Waals surface area contributed by atoms with E-state index in [1.165, 1.54) is 0 Å². The van der Waals surface area contributed by atoms with Crippen LogP contribution in [-0.2, 0) is 4.79 Å². The number of anilines is 3. The molecule has 140 valence electrons. The number of benzene rings is 1. The van der Waals surface area contributed by atoms with E-state index >= 15 is 0 Å². The Labute approximate surface area is 161 Å². The maximum atomic E-state index is 12.8. The maximum Gasteiger partial charge on any atom is 0.229 e. The van der Waals surface area contributed by atoms with Gasteiger partial charge in [0.05, 0.1) is 24.1 Å². The predicted octanol–water partition coefficient (Wildman–Crippen LogP) is 3.14. The van der Waals surface area contributed by atoms with Crippen molar-refractivity contribution in [2.75, 3.05) is 36.1 Å². The first-order valence-electron chi connectivity index (χ1n) is 8.83. The van der Waals surface area contributed by atoms with Crippen LogP contribution < -0.4 is 20.7 Å². The van der Waals surface area contributed by atoms with Crippen molar-refractivity contribution in [3.63, 3.8) is 0 Å². The lowest BCUT2D eigenvalue weighted by Gasteiger charge is -2.33. The smallest absolute Gasteiger partial charge is 0.229 e. The molecule has 1 fully saturated rings. The Morgan fingerprint density at radius 1 is 1.37 bits per heavy atom. The number of fused-ring (bicyclic) bond motifs is 1. The van der Waals surface area contributed by atoms with Gasteiger partial charge in [0.15, 0.2) is 0 Å². The molecule has 3 N–H and O–H groups in total. The van der Waals surface area contributed by atoms with Gasteiger partial charge in [-0.25, -0.2) is 9.97 Å². The molecule has 1 aliphatic rings. The fourth-order valence-corrected chi connectivity index (χ4v) is 4.20. The third-order valence-electron chi connectivity index (χ3n) is 4.83. The Hall–Kier alpha value is -2.87. The average molecular weight is 383 g/mol. The van der Waals surface area contributed by atoms with Gasteiger partial charge in [-0.2, -0.15) is 0 Å². The summed E-state index contributed by atoms with van der Waals surface area (Å²) in [4.78, 5) is 24.7. The van der Waals surface area contributed by atoms with Crippen LogP contribution in [0, 0.1) is 5.92 Å². The Kier molecular flexibility index (Phi) is 4.81. The first-order chi connectivity index (χ1) is 13.2. The van der Waals surface area contributed by atoms with Gasteiger partial charge in [0.1, 0.15) is 22.7 Å². The molecule has 0 radical (unpaired) electrons. The van der Waals surface area contributed by atoms with Crippen molar-refractivity contribution in [2.45, 2.75) is 12.8 Å². The summed E-state index contributed by atoms with van der Waals surface area (Å²) in [7, 11) is 1.57. The zero-order valence-electron chi connectivity index (χ0n) is 15.0. The lowest BCUT2D eigenvalue weighted by atomic mass is 9.97. The second-order valence-electron chi connectivity index (χ2n) is 6.57. The summed E-state index contributed by atoms with van der Waals surface area (Å²) < 4.78 is 5.16. The summed E-state index contributed by atoms with van der Waals surface area (Å²) in [6, 6.07) is 7.31. The molecule has 3 heterocycles. The lowest BCUT2D eigenvalue weighted by Crippen LogP contribution is -2.41. The molecular formula is C19H21N5O2S. The first kappa shape index (κ1) is 17.5. The molecule has 4 rings (SSSR count). The number of nitrogens with one attached hydrogen (secondary N) is 1. The van der Waals surface area contributed by atoms with Crippen molar-refractivity contribution < 1.29 is 9.53 Å². The number of hydrogen-bond donors (Lipinski definition) is 2. The molecule has 0 aliphatic carbocycles. The van der Waals surface area contributed by atoms with Gasteiger partial charge < -0.3 is 20.7 Å². The summed E-state index contributed by atoms with van der Waals surface area (Å²) in [6.07, 6.45) is 3.39. The number of aromatic nitrogens is 2. The Balaban J connectivity index is 1.48. The molecule has 7 nitrogen and oxygen atoms in total. The van der Waals surface area contributed by atoms with Gasteiger partial charge in [-0.05, 0) is 42.5 Å². The largest absolute Gasteiger partial charge is 0.495 e. The quantitative estimate of drug-likeness (QED) is 0.672. The molecule has 3 aromatic rings. The summed E-state index contributed by atoms with van der Waals surface area (Å²) in [5.74, 6) is 1.40. The third kappa shape index (κ3) is 3.52. The molecule has 1 saturated heterocycles. The molecule has 1 aromatic carbocycles. The zero-order valence-corrected chi connectivity index (χ0v) is 15.8. The number of hydrogen-bond acceptors (Lipinski definition) is 7. The van der Waals surface area contributed by atoms with E-state index in [2.05, 4.69) is 20.2 Å². The molecule has 1 amide bonds. The summed E-state index contributed by atoms with van der Waals surface area (Å²) in [5, 5.41) is 6.04. The van der Waals surface area contributed by atoms with Gasteiger partial charge in [0.2, 0.25) is 5.91 Å². The number of thiophene rings is 1. The van der Waals surface area contributed by atoms with Crippen LogP contribution in [0.25, 0.3) is 10.2 Å². The summed E-state index contributed by atoms with van der Waals surface area (Å²) in [6.45, 7) is 1.53. The van der Waals surface area contributed by atoms with Crippen LogP contribution in [0.1, 0.15) is 12.8 Å². The van der Waals surface area contributed by atoms with Crippen LogP contribution in [-0.4, -0.2) is 36.1 Å². The van der Waals surface area contributed by atoms with E-state index in [0.717, 1.165) is 35.4 Å². The number of nitrogen functional groups attached to an aromatic ring is 1. The Morgan fingerprint density at radius 3 is 3.07 bits per heavy atom. The van der Waals surface area contributed by atoms with Crippen LogP contribution >= 0.6 is 11.3 Å². The summed E-state index contributed by atoms with van der Waals surface area (Å²) >= 11 is 1.60. The number of amides is 1.